The lowest BCUT2D eigenvalue weighted by molar-refractivity contribution is -0.184. The summed E-state index contributed by atoms with van der Waals surface area (Å²) in [5.74, 6) is -1.33. The molecule has 0 saturated carbocycles. The summed E-state index contributed by atoms with van der Waals surface area (Å²) >= 11 is 0. The zero-order valence-corrected chi connectivity index (χ0v) is 12.9. The van der Waals surface area contributed by atoms with Gasteiger partial charge in [0.25, 0.3) is 5.91 Å². The van der Waals surface area contributed by atoms with Crippen molar-refractivity contribution in [2.45, 2.75) is 31.1 Å². The molecule has 6 nitrogen and oxygen atoms in total. The number of halogens is 4. The quantitative estimate of drug-likeness (QED) is 0.833. The van der Waals surface area contributed by atoms with Gasteiger partial charge in [0.15, 0.2) is 5.69 Å². The number of carbonyl (C=O) groups excluding carboxylic acids is 1. The number of benzene rings is 1. The molecule has 3 rings (SSSR count). The van der Waals surface area contributed by atoms with E-state index in [0.29, 0.717) is 10.6 Å². The van der Waals surface area contributed by atoms with E-state index in [9.17, 15) is 22.4 Å². The highest BCUT2D eigenvalue weighted by molar-refractivity contribution is 5.92. The molecule has 1 aromatic heterocycles. The van der Waals surface area contributed by atoms with Gasteiger partial charge in [0.05, 0.1) is 11.9 Å². The molecule has 10 heteroatoms. The number of carbonyl (C=O) groups is 1. The number of amides is 1. The van der Waals surface area contributed by atoms with Gasteiger partial charge in [0.1, 0.15) is 11.9 Å². The Kier molecular flexibility index (Phi) is 4.46. The Morgan fingerprint density at radius 3 is 2.52 bits per heavy atom. The Hall–Kier alpha value is -2.49. The molecule has 0 unspecified atom stereocenters. The first kappa shape index (κ1) is 17.3. The molecule has 1 fully saturated rings. The van der Waals surface area contributed by atoms with Crippen molar-refractivity contribution >= 4 is 5.91 Å². The van der Waals surface area contributed by atoms with E-state index in [1.165, 1.54) is 35.1 Å². The van der Waals surface area contributed by atoms with Crippen LogP contribution in [0.25, 0.3) is 5.69 Å². The second kappa shape index (κ2) is 6.43. The van der Waals surface area contributed by atoms with Gasteiger partial charge in [-0.15, -0.1) is 5.10 Å². The second-order valence-corrected chi connectivity index (χ2v) is 5.88. The molecule has 2 heterocycles. The van der Waals surface area contributed by atoms with Crippen molar-refractivity contribution in [2.75, 3.05) is 6.54 Å². The summed E-state index contributed by atoms with van der Waals surface area (Å²) in [5, 5.41) is 7.37. The van der Waals surface area contributed by atoms with E-state index in [2.05, 4.69) is 10.3 Å². The summed E-state index contributed by atoms with van der Waals surface area (Å²) < 4.78 is 53.7. The van der Waals surface area contributed by atoms with Crippen LogP contribution in [0.15, 0.2) is 30.5 Å². The number of nitrogens with zero attached hydrogens (tertiary/aromatic N) is 4. The van der Waals surface area contributed by atoms with Crippen LogP contribution in [0, 0.1) is 5.82 Å². The maximum atomic E-state index is 13.2. The Morgan fingerprint density at radius 1 is 1.20 bits per heavy atom. The molecule has 1 aromatic carbocycles. The number of nitrogens with two attached hydrogens (primary N) is 1. The standard InChI is InChI=1S/C15H15F4N5O/c16-9-1-4-11(5-2-9)24-8-12(21-22-24)14(25)23-7-10(20)3-6-13(23)15(17,18)19/h1-2,4-5,8,10,13H,3,6-7,20H2/t10-,13+/m0/s1. The highest BCUT2D eigenvalue weighted by Crippen LogP contribution is 2.32. The molecule has 0 radical (unpaired) electrons. The molecule has 2 atom stereocenters. The van der Waals surface area contributed by atoms with E-state index >= 15 is 0 Å². The summed E-state index contributed by atoms with van der Waals surface area (Å²) in [6.07, 6.45) is -3.38. The molecular formula is C15H15F4N5O. The maximum absolute atomic E-state index is 13.2. The Morgan fingerprint density at radius 2 is 1.88 bits per heavy atom. The maximum Gasteiger partial charge on any atom is 0.408 e. The smallest absolute Gasteiger partial charge is 0.326 e. The van der Waals surface area contributed by atoms with Gasteiger partial charge in [-0.1, -0.05) is 5.21 Å². The number of hydrogen-bond donors (Lipinski definition) is 1. The SMILES string of the molecule is N[C@H]1CC[C@H](C(F)(F)F)N(C(=O)c2cn(-c3ccc(F)cc3)nn2)C1. The minimum absolute atomic E-state index is 0.191. The van der Waals surface area contributed by atoms with Gasteiger partial charge in [0.2, 0.25) is 0 Å². The minimum Gasteiger partial charge on any atom is -0.326 e. The van der Waals surface area contributed by atoms with E-state index in [-0.39, 0.29) is 25.1 Å². The van der Waals surface area contributed by atoms with Gasteiger partial charge >= 0.3 is 6.18 Å². The van der Waals surface area contributed by atoms with Crippen LogP contribution in [0.2, 0.25) is 0 Å². The number of piperidine rings is 1. The van der Waals surface area contributed by atoms with Crippen LogP contribution >= 0.6 is 0 Å². The fourth-order valence-electron chi connectivity index (χ4n) is 2.79. The molecule has 1 aliphatic rings. The number of likely N-dealkylation sites (tertiary alicyclic amines) is 1. The van der Waals surface area contributed by atoms with Crippen molar-refractivity contribution in [2.24, 2.45) is 5.73 Å². The van der Waals surface area contributed by atoms with E-state index in [1.54, 1.807) is 0 Å². The van der Waals surface area contributed by atoms with Gasteiger partial charge in [-0.3, -0.25) is 4.79 Å². The third-order valence-corrected chi connectivity index (χ3v) is 4.06. The number of rotatable bonds is 2. The molecule has 1 saturated heterocycles. The fraction of sp³-hybridized carbons (Fsp3) is 0.400. The first-order valence-electron chi connectivity index (χ1n) is 7.57. The summed E-state index contributed by atoms with van der Waals surface area (Å²) in [5.41, 5.74) is 5.92. The van der Waals surface area contributed by atoms with E-state index in [0.717, 1.165) is 0 Å². The van der Waals surface area contributed by atoms with Crippen molar-refractivity contribution in [1.82, 2.24) is 19.9 Å². The van der Waals surface area contributed by atoms with Gasteiger partial charge in [-0.05, 0) is 37.1 Å². The third kappa shape index (κ3) is 3.63. The highest BCUT2D eigenvalue weighted by atomic mass is 19.4. The van der Waals surface area contributed by atoms with Crippen LogP contribution in [0.5, 0.6) is 0 Å². The first-order valence-corrected chi connectivity index (χ1v) is 7.57. The van der Waals surface area contributed by atoms with Crippen LogP contribution in [0.4, 0.5) is 17.6 Å². The molecule has 0 bridgehead atoms. The highest BCUT2D eigenvalue weighted by Gasteiger charge is 2.48. The van der Waals surface area contributed by atoms with Gasteiger partial charge in [-0.25, -0.2) is 9.07 Å². The Labute approximate surface area is 140 Å². The van der Waals surface area contributed by atoms with Crippen LogP contribution in [-0.2, 0) is 0 Å². The lowest BCUT2D eigenvalue weighted by atomic mass is 9.98. The zero-order chi connectivity index (χ0) is 18.2. The average Bonchev–Trinajstić information content (AvgIpc) is 3.03. The molecule has 0 aliphatic carbocycles. The lowest BCUT2D eigenvalue weighted by Crippen LogP contribution is -2.56. The Balaban J connectivity index is 1.85. The van der Waals surface area contributed by atoms with E-state index in [1.807, 2.05) is 0 Å². The zero-order valence-electron chi connectivity index (χ0n) is 12.9. The van der Waals surface area contributed by atoms with Crippen LogP contribution in [-0.4, -0.2) is 50.6 Å². The topological polar surface area (TPSA) is 77.0 Å². The molecule has 2 aromatic rings. The van der Waals surface area contributed by atoms with E-state index < -0.39 is 30.0 Å². The van der Waals surface area contributed by atoms with Crippen molar-refractivity contribution in [3.63, 3.8) is 0 Å². The first-order chi connectivity index (χ1) is 11.8. The van der Waals surface area contributed by atoms with Gasteiger partial charge in [0, 0.05) is 12.6 Å². The molecule has 0 spiro atoms. The van der Waals surface area contributed by atoms with E-state index in [4.69, 9.17) is 5.73 Å². The molecule has 2 N–H and O–H groups in total. The number of aromatic nitrogens is 3. The molecular weight excluding hydrogens is 342 g/mol. The van der Waals surface area contributed by atoms with Crippen molar-refractivity contribution in [3.8, 4) is 5.69 Å². The van der Waals surface area contributed by atoms with Crippen molar-refractivity contribution < 1.29 is 22.4 Å². The van der Waals surface area contributed by atoms with Crippen LogP contribution < -0.4 is 5.73 Å². The second-order valence-electron chi connectivity index (χ2n) is 5.88. The largest absolute Gasteiger partial charge is 0.408 e. The van der Waals surface area contributed by atoms with Crippen LogP contribution in [0.1, 0.15) is 23.3 Å². The van der Waals surface area contributed by atoms with Crippen molar-refractivity contribution in [1.29, 1.82) is 0 Å². The molecule has 134 valence electrons. The third-order valence-electron chi connectivity index (χ3n) is 4.06. The average molecular weight is 357 g/mol. The number of alkyl halides is 3. The van der Waals surface area contributed by atoms with Crippen molar-refractivity contribution in [3.05, 3.63) is 42.0 Å². The summed E-state index contributed by atoms with van der Waals surface area (Å²) in [7, 11) is 0. The predicted molar refractivity (Wildman–Crippen MR) is 79.4 cm³/mol. The predicted octanol–water partition coefficient (Wildman–Crippen LogP) is 1.90. The molecule has 25 heavy (non-hydrogen) atoms. The van der Waals surface area contributed by atoms with Gasteiger partial charge in [-0.2, -0.15) is 13.2 Å². The number of hydrogen-bond acceptors (Lipinski definition) is 4. The lowest BCUT2D eigenvalue weighted by Gasteiger charge is -2.38. The van der Waals surface area contributed by atoms with Gasteiger partial charge < -0.3 is 10.6 Å². The van der Waals surface area contributed by atoms with Crippen LogP contribution in [0.3, 0.4) is 0 Å². The normalized spacial score (nSPS) is 21.4. The summed E-state index contributed by atoms with van der Waals surface area (Å²) in [6, 6.07) is 2.80. The fourth-order valence-corrected chi connectivity index (χ4v) is 2.79. The minimum atomic E-state index is -4.54. The monoisotopic (exact) mass is 357 g/mol. The summed E-state index contributed by atoms with van der Waals surface area (Å²) in [4.78, 5) is 13.2. The summed E-state index contributed by atoms with van der Waals surface area (Å²) in [6.45, 7) is -0.202. The molecule has 1 amide bonds. The Bertz CT molecular complexity index is 758. The molecule has 1 aliphatic heterocycles.